The van der Waals surface area contributed by atoms with Gasteiger partial charge in [-0.25, -0.2) is 4.98 Å². The first kappa shape index (κ1) is 16.2. The van der Waals surface area contributed by atoms with Crippen LogP contribution in [0.2, 0.25) is 0 Å². The summed E-state index contributed by atoms with van der Waals surface area (Å²) in [6, 6.07) is 12.6. The molecule has 0 radical (unpaired) electrons. The summed E-state index contributed by atoms with van der Waals surface area (Å²) in [6.07, 6.45) is 1.47. The van der Waals surface area contributed by atoms with Crippen molar-refractivity contribution in [2.75, 3.05) is 6.61 Å². The summed E-state index contributed by atoms with van der Waals surface area (Å²) in [4.78, 5) is 4.79. The number of aromatic nitrogens is 2. The summed E-state index contributed by atoms with van der Waals surface area (Å²) >= 11 is 0. The molecular formula is C20H21N3O. The fraction of sp³-hybridized carbons (Fsp3) is 0.300. The first-order chi connectivity index (χ1) is 11.6. The van der Waals surface area contributed by atoms with Crippen LogP contribution in [0.25, 0.3) is 16.7 Å². The Bertz CT molecular complexity index is 930. The highest BCUT2D eigenvalue weighted by Gasteiger charge is 2.16. The monoisotopic (exact) mass is 319 g/mol. The summed E-state index contributed by atoms with van der Waals surface area (Å²) in [5.74, 6) is 0.984. The number of nitrogens with zero attached hydrogens (tertiary/aromatic N) is 3. The Morgan fingerprint density at radius 1 is 1.21 bits per heavy atom. The molecule has 24 heavy (non-hydrogen) atoms. The number of benzene rings is 2. The summed E-state index contributed by atoms with van der Waals surface area (Å²) in [5.41, 5.74) is 6.74. The van der Waals surface area contributed by atoms with E-state index in [1.54, 1.807) is 0 Å². The summed E-state index contributed by atoms with van der Waals surface area (Å²) in [5, 5.41) is 18.5. The highest BCUT2D eigenvalue weighted by atomic mass is 16.2. The second kappa shape index (κ2) is 6.46. The predicted octanol–water partition coefficient (Wildman–Crippen LogP) is 3.61. The lowest BCUT2D eigenvalue weighted by molar-refractivity contribution is 0.299. The maximum atomic E-state index is 9.39. The van der Waals surface area contributed by atoms with Crippen molar-refractivity contribution in [1.82, 2.24) is 9.55 Å². The van der Waals surface area contributed by atoms with Crippen molar-refractivity contribution in [3.63, 3.8) is 0 Å². The van der Waals surface area contributed by atoms with Gasteiger partial charge in [-0.1, -0.05) is 19.1 Å². The van der Waals surface area contributed by atoms with Crippen molar-refractivity contribution < 1.29 is 5.11 Å². The van der Waals surface area contributed by atoms with Gasteiger partial charge in [-0.3, -0.25) is 4.57 Å². The highest BCUT2D eigenvalue weighted by Crippen LogP contribution is 2.28. The zero-order valence-corrected chi connectivity index (χ0v) is 14.3. The lowest BCUT2D eigenvalue weighted by atomic mass is 10.0. The topological polar surface area (TPSA) is 61.8 Å². The van der Waals surface area contributed by atoms with E-state index in [1.165, 1.54) is 0 Å². The molecule has 0 amide bonds. The third kappa shape index (κ3) is 2.57. The molecule has 0 spiro atoms. The van der Waals surface area contributed by atoms with Crippen LogP contribution in [0.4, 0.5) is 0 Å². The second-order valence-electron chi connectivity index (χ2n) is 6.03. The van der Waals surface area contributed by atoms with Crippen LogP contribution < -0.4 is 0 Å². The van der Waals surface area contributed by atoms with Crippen molar-refractivity contribution in [2.45, 2.75) is 33.6 Å². The minimum absolute atomic E-state index is 0.156. The lowest BCUT2D eigenvalue weighted by Gasteiger charge is -2.10. The summed E-state index contributed by atoms with van der Waals surface area (Å²) < 4.78 is 2.17. The van der Waals surface area contributed by atoms with Gasteiger partial charge < -0.3 is 5.11 Å². The molecule has 0 unspecified atom stereocenters. The van der Waals surface area contributed by atoms with Crippen molar-refractivity contribution in [3.8, 4) is 11.8 Å². The van der Waals surface area contributed by atoms with E-state index < -0.39 is 0 Å². The fourth-order valence-corrected chi connectivity index (χ4v) is 3.22. The van der Waals surface area contributed by atoms with Gasteiger partial charge in [0.2, 0.25) is 0 Å². The van der Waals surface area contributed by atoms with Gasteiger partial charge in [0.05, 0.1) is 22.7 Å². The van der Waals surface area contributed by atoms with Crippen LogP contribution in [-0.2, 0) is 12.8 Å². The molecule has 4 nitrogen and oxygen atoms in total. The van der Waals surface area contributed by atoms with E-state index in [0.29, 0.717) is 12.0 Å². The Morgan fingerprint density at radius 2 is 1.92 bits per heavy atom. The molecule has 3 aromatic rings. The number of imidazole rings is 1. The van der Waals surface area contributed by atoms with Gasteiger partial charge >= 0.3 is 0 Å². The molecule has 2 aromatic carbocycles. The SMILES string of the molecule is CCc1nc2c(C)c(C#N)c(C)cc2n1-c1ccc(CCO)cc1. The number of fused-ring (bicyclic) bond motifs is 1. The van der Waals surface area contributed by atoms with Gasteiger partial charge in [0, 0.05) is 18.7 Å². The highest BCUT2D eigenvalue weighted by molar-refractivity contribution is 5.85. The molecule has 1 heterocycles. The number of aliphatic hydroxyl groups is 1. The molecule has 4 heteroatoms. The normalized spacial score (nSPS) is 11.0. The van der Waals surface area contributed by atoms with E-state index in [9.17, 15) is 5.26 Å². The first-order valence-corrected chi connectivity index (χ1v) is 8.22. The van der Waals surface area contributed by atoms with E-state index in [-0.39, 0.29) is 6.61 Å². The molecule has 122 valence electrons. The first-order valence-electron chi connectivity index (χ1n) is 8.22. The van der Waals surface area contributed by atoms with Gasteiger partial charge in [0.1, 0.15) is 5.82 Å². The summed E-state index contributed by atoms with van der Waals surface area (Å²) in [6.45, 7) is 6.18. The number of rotatable bonds is 4. The average Bonchev–Trinajstić information content (AvgIpc) is 2.95. The van der Waals surface area contributed by atoms with E-state index in [2.05, 4.69) is 35.8 Å². The molecule has 0 aliphatic carbocycles. The van der Waals surface area contributed by atoms with Gasteiger partial charge in [0.25, 0.3) is 0 Å². The van der Waals surface area contributed by atoms with Crippen molar-refractivity contribution in [2.24, 2.45) is 0 Å². The predicted molar refractivity (Wildman–Crippen MR) is 95.4 cm³/mol. The third-order valence-electron chi connectivity index (χ3n) is 4.48. The Kier molecular flexibility index (Phi) is 4.37. The Labute approximate surface area is 142 Å². The van der Waals surface area contributed by atoms with E-state index >= 15 is 0 Å². The molecule has 0 fully saturated rings. The molecule has 1 N–H and O–H groups in total. The van der Waals surface area contributed by atoms with Crippen LogP contribution >= 0.6 is 0 Å². The van der Waals surface area contributed by atoms with Crippen LogP contribution in [0.15, 0.2) is 30.3 Å². The maximum Gasteiger partial charge on any atom is 0.114 e. The smallest absolute Gasteiger partial charge is 0.114 e. The molecule has 0 atom stereocenters. The molecule has 0 aliphatic heterocycles. The van der Waals surface area contributed by atoms with Crippen molar-refractivity contribution in [3.05, 3.63) is 58.4 Å². The van der Waals surface area contributed by atoms with Crippen LogP contribution in [0.1, 0.15) is 35.0 Å². The second-order valence-corrected chi connectivity index (χ2v) is 6.03. The fourth-order valence-electron chi connectivity index (χ4n) is 3.22. The van der Waals surface area contributed by atoms with Crippen LogP contribution in [0.3, 0.4) is 0 Å². The van der Waals surface area contributed by atoms with E-state index in [1.807, 2.05) is 26.0 Å². The number of hydrogen-bond donors (Lipinski definition) is 1. The van der Waals surface area contributed by atoms with Crippen molar-refractivity contribution >= 4 is 11.0 Å². The Balaban J connectivity index is 2.25. The Hall–Kier alpha value is -2.64. The number of nitriles is 1. The molecular weight excluding hydrogens is 298 g/mol. The standard InChI is InChI=1S/C20H21N3O/c1-4-19-22-20-14(3)17(12-21)13(2)11-18(20)23(19)16-7-5-15(6-8-16)9-10-24/h5-8,11,24H,4,9-10H2,1-3H3. The van der Waals surface area contributed by atoms with E-state index in [4.69, 9.17) is 10.1 Å². The lowest BCUT2D eigenvalue weighted by Crippen LogP contribution is -2.01. The van der Waals surface area contributed by atoms with Crippen LogP contribution in [0.5, 0.6) is 0 Å². The van der Waals surface area contributed by atoms with Gasteiger partial charge in [0.15, 0.2) is 0 Å². The molecule has 0 saturated heterocycles. The average molecular weight is 319 g/mol. The third-order valence-corrected chi connectivity index (χ3v) is 4.48. The zero-order chi connectivity index (χ0) is 17.3. The van der Waals surface area contributed by atoms with Crippen LogP contribution in [-0.4, -0.2) is 21.3 Å². The largest absolute Gasteiger partial charge is 0.396 e. The molecule has 0 saturated carbocycles. The number of aryl methyl sites for hydroxylation is 3. The van der Waals surface area contributed by atoms with Gasteiger partial charge in [-0.2, -0.15) is 5.26 Å². The molecule has 3 rings (SSSR count). The van der Waals surface area contributed by atoms with Gasteiger partial charge in [-0.05, 0) is 55.2 Å². The Morgan fingerprint density at radius 3 is 2.50 bits per heavy atom. The zero-order valence-electron chi connectivity index (χ0n) is 14.3. The van der Waals surface area contributed by atoms with E-state index in [0.717, 1.165) is 45.7 Å². The van der Waals surface area contributed by atoms with Gasteiger partial charge in [-0.15, -0.1) is 0 Å². The quantitative estimate of drug-likeness (QED) is 0.799. The number of hydrogen-bond acceptors (Lipinski definition) is 3. The minimum Gasteiger partial charge on any atom is -0.396 e. The van der Waals surface area contributed by atoms with Crippen molar-refractivity contribution in [1.29, 1.82) is 5.26 Å². The van der Waals surface area contributed by atoms with Crippen LogP contribution in [0, 0.1) is 25.2 Å². The maximum absolute atomic E-state index is 9.39. The molecule has 0 aliphatic rings. The number of aliphatic hydroxyl groups excluding tert-OH is 1. The molecule has 1 aromatic heterocycles. The molecule has 0 bridgehead atoms. The summed E-state index contributed by atoms with van der Waals surface area (Å²) in [7, 11) is 0. The minimum atomic E-state index is 0.156.